The maximum Gasteiger partial charge on any atom is 0.153 e. The molecule has 4 heteroatoms. The Balaban J connectivity index is 2.56. The zero-order valence-electron chi connectivity index (χ0n) is 7.99. The Hall–Kier alpha value is -1.16. The highest BCUT2D eigenvalue weighted by atomic mass is 16.5. The van der Waals surface area contributed by atoms with Gasteiger partial charge in [0, 0.05) is 26.0 Å². The molecule has 0 aliphatic rings. The van der Waals surface area contributed by atoms with Gasteiger partial charge in [-0.05, 0) is 13.3 Å². The van der Waals surface area contributed by atoms with Crippen molar-refractivity contribution in [2.45, 2.75) is 19.9 Å². The van der Waals surface area contributed by atoms with Crippen LogP contribution in [0.5, 0.6) is 0 Å². The van der Waals surface area contributed by atoms with Gasteiger partial charge in [0.05, 0.1) is 11.8 Å². The van der Waals surface area contributed by atoms with E-state index >= 15 is 0 Å². The van der Waals surface area contributed by atoms with E-state index in [1.165, 1.54) is 0 Å². The molecule has 0 atom stereocenters. The number of ether oxygens (including phenoxy) is 1. The first-order chi connectivity index (χ1) is 6.29. The molecule has 1 heterocycles. The van der Waals surface area contributed by atoms with Gasteiger partial charge in [-0.1, -0.05) is 0 Å². The van der Waals surface area contributed by atoms with Gasteiger partial charge in [0.1, 0.15) is 0 Å². The quantitative estimate of drug-likeness (QED) is 0.505. The predicted octanol–water partition coefficient (Wildman–Crippen LogP) is 1.04. The minimum absolute atomic E-state index is 0.664. The van der Waals surface area contributed by atoms with Crippen LogP contribution >= 0.6 is 0 Å². The Labute approximate surface area is 77.5 Å². The van der Waals surface area contributed by atoms with Crippen LogP contribution in [0.4, 0.5) is 0 Å². The number of hydrogen-bond donors (Lipinski definition) is 0. The first-order valence-electron chi connectivity index (χ1n) is 4.26. The molecule has 0 fully saturated rings. The SMILES string of the molecule is COCCCn1ncc(C=O)c1C. The molecule has 0 unspecified atom stereocenters. The van der Waals surface area contributed by atoms with Crippen molar-refractivity contribution in [3.63, 3.8) is 0 Å². The Morgan fingerprint density at radius 2 is 2.46 bits per heavy atom. The predicted molar refractivity (Wildman–Crippen MR) is 48.8 cm³/mol. The molecular weight excluding hydrogens is 168 g/mol. The zero-order chi connectivity index (χ0) is 9.68. The summed E-state index contributed by atoms with van der Waals surface area (Å²) < 4.78 is 6.75. The lowest BCUT2D eigenvalue weighted by molar-refractivity contribution is 0.112. The number of methoxy groups -OCH3 is 1. The second-order valence-corrected chi connectivity index (χ2v) is 2.87. The van der Waals surface area contributed by atoms with Crippen molar-refractivity contribution >= 4 is 6.29 Å². The highest BCUT2D eigenvalue weighted by Crippen LogP contribution is 2.04. The molecule has 72 valence electrons. The number of nitrogens with zero attached hydrogens (tertiary/aromatic N) is 2. The number of aromatic nitrogens is 2. The molecule has 1 aromatic heterocycles. The zero-order valence-corrected chi connectivity index (χ0v) is 7.99. The third kappa shape index (κ3) is 2.39. The van der Waals surface area contributed by atoms with E-state index in [4.69, 9.17) is 4.74 Å². The van der Waals surface area contributed by atoms with Gasteiger partial charge >= 0.3 is 0 Å². The molecule has 0 amide bonds. The van der Waals surface area contributed by atoms with Gasteiger partial charge in [0.15, 0.2) is 6.29 Å². The van der Waals surface area contributed by atoms with Crippen LogP contribution in [0, 0.1) is 6.92 Å². The van der Waals surface area contributed by atoms with Crippen molar-refractivity contribution in [3.8, 4) is 0 Å². The van der Waals surface area contributed by atoms with Gasteiger partial charge < -0.3 is 4.74 Å². The topological polar surface area (TPSA) is 44.1 Å². The minimum atomic E-state index is 0.664. The van der Waals surface area contributed by atoms with Gasteiger partial charge in [-0.15, -0.1) is 0 Å². The average molecular weight is 182 g/mol. The van der Waals surface area contributed by atoms with E-state index in [0.717, 1.165) is 31.6 Å². The fourth-order valence-electron chi connectivity index (χ4n) is 1.16. The molecule has 1 rings (SSSR count). The molecule has 4 nitrogen and oxygen atoms in total. The Morgan fingerprint density at radius 1 is 1.69 bits per heavy atom. The maximum atomic E-state index is 10.5. The molecule has 13 heavy (non-hydrogen) atoms. The van der Waals surface area contributed by atoms with Gasteiger partial charge in [-0.25, -0.2) is 0 Å². The van der Waals surface area contributed by atoms with Gasteiger partial charge in [0.2, 0.25) is 0 Å². The molecular formula is C9H14N2O2. The summed E-state index contributed by atoms with van der Waals surface area (Å²) in [5.74, 6) is 0. The summed E-state index contributed by atoms with van der Waals surface area (Å²) in [6.07, 6.45) is 3.33. The van der Waals surface area contributed by atoms with E-state index < -0.39 is 0 Å². The summed E-state index contributed by atoms with van der Waals surface area (Å²) in [4.78, 5) is 10.5. The maximum absolute atomic E-state index is 10.5. The van der Waals surface area contributed by atoms with E-state index in [1.807, 2.05) is 11.6 Å². The van der Waals surface area contributed by atoms with Gasteiger partial charge in [-0.3, -0.25) is 9.48 Å². The van der Waals surface area contributed by atoms with Crippen LogP contribution in [0.15, 0.2) is 6.20 Å². The third-order valence-corrected chi connectivity index (χ3v) is 1.99. The van der Waals surface area contributed by atoms with Crippen molar-refractivity contribution in [2.75, 3.05) is 13.7 Å². The normalized spacial score (nSPS) is 10.3. The molecule has 1 aromatic rings. The van der Waals surface area contributed by atoms with Crippen LogP contribution in [-0.4, -0.2) is 29.8 Å². The van der Waals surface area contributed by atoms with Gasteiger partial charge in [0.25, 0.3) is 0 Å². The number of carbonyl (C=O) groups excluding carboxylic acids is 1. The first kappa shape index (κ1) is 9.92. The average Bonchev–Trinajstić information content (AvgIpc) is 2.48. The smallest absolute Gasteiger partial charge is 0.153 e. The van der Waals surface area contributed by atoms with E-state index in [2.05, 4.69) is 5.10 Å². The van der Waals surface area contributed by atoms with Crippen molar-refractivity contribution in [1.29, 1.82) is 0 Å². The number of aldehydes is 1. The van der Waals surface area contributed by atoms with Crippen LogP contribution in [0.3, 0.4) is 0 Å². The van der Waals surface area contributed by atoms with Crippen LogP contribution in [-0.2, 0) is 11.3 Å². The molecule has 0 aliphatic heterocycles. The van der Waals surface area contributed by atoms with Crippen molar-refractivity contribution in [3.05, 3.63) is 17.5 Å². The lowest BCUT2D eigenvalue weighted by Crippen LogP contribution is -2.05. The number of carbonyl (C=O) groups is 1. The van der Waals surface area contributed by atoms with Crippen LogP contribution < -0.4 is 0 Å². The lowest BCUT2D eigenvalue weighted by Gasteiger charge is -2.03. The molecule has 0 bridgehead atoms. The first-order valence-corrected chi connectivity index (χ1v) is 4.26. The Kier molecular flexibility index (Phi) is 3.64. The molecule has 0 N–H and O–H groups in total. The Bertz CT molecular complexity index is 281. The Morgan fingerprint density at radius 3 is 3.00 bits per heavy atom. The highest BCUT2D eigenvalue weighted by Gasteiger charge is 2.03. The van der Waals surface area contributed by atoms with Crippen molar-refractivity contribution in [2.24, 2.45) is 0 Å². The van der Waals surface area contributed by atoms with Crippen molar-refractivity contribution in [1.82, 2.24) is 9.78 Å². The molecule has 0 radical (unpaired) electrons. The fourth-order valence-corrected chi connectivity index (χ4v) is 1.16. The van der Waals surface area contributed by atoms with Crippen molar-refractivity contribution < 1.29 is 9.53 Å². The second kappa shape index (κ2) is 4.77. The summed E-state index contributed by atoms with van der Waals surface area (Å²) in [6.45, 7) is 3.41. The fraction of sp³-hybridized carbons (Fsp3) is 0.556. The van der Waals surface area contributed by atoms with Gasteiger partial charge in [-0.2, -0.15) is 5.10 Å². The molecule has 0 aliphatic carbocycles. The van der Waals surface area contributed by atoms with Crippen LogP contribution in [0.25, 0.3) is 0 Å². The number of rotatable bonds is 5. The molecule has 0 spiro atoms. The summed E-state index contributed by atoms with van der Waals surface area (Å²) in [5.41, 5.74) is 1.59. The van der Waals surface area contributed by atoms with E-state index in [0.29, 0.717) is 5.56 Å². The monoisotopic (exact) mass is 182 g/mol. The summed E-state index contributed by atoms with van der Waals surface area (Å²) in [7, 11) is 1.67. The number of hydrogen-bond acceptors (Lipinski definition) is 3. The standard InChI is InChI=1S/C9H14N2O2/c1-8-9(7-12)6-10-11(8)4-3-5-13-2/h6-7H,3-5H2,1-2H3. The summed E-state index contributed by atoms with van der Waals surface area (Å²) >= 11 is 0. The van der Waals surface area contributed by atoms with Crippen LogP contribution in [0.2, 0.25) is 0 Å². The minimum Gasteiger partial charge on any atom is -0.385 e. The molecule has 0 saturated heterocycles. The van der Waals surface area contributed by atoms with E-state index in [9.17, 15) is 4.79 Å². The third-order valence-electron chi connectivity index (χ3n) is 1.99. The van der Waals surface area contributed by atoms with E-state index in [-0.39, 0.29) is 0 Å². The number of aryl methyl sites for hydroxylation is 1. The lowest BCUT2D eigenvalue weighted by atomic mass is 10.3. The summed E-state index contributed by atoms with van der Waals surface area (Å²) in [5, 5.41) is 4.09. The molecule has 0 saturated carbocycles. The second-order valence-electron chi connectivity index (χ2n) is 2.87. The van der Waals surface area contributed by atoms with Crippen LogP contribution in [0.1, 0.15) is 22.5 Å². The van der Waals surface area contributed by atoms with E-state index in [1.54, 1.807) is 13.3 Å². The highest BCUT2D eigenvalue weighted by molar-refractivity contribution is 5.75. The molecule has 0 aromatic carbocycles. The largest absolute Gasteiger partial charge is 0.385 e. The summed E-state index contributed by atoms with van der Waals surface area (Å²) in [6, 6.07) is 0.